The van der Waals surface area contributed by atoms with Gasteiger partial charge in [0.15, 0.2) is 5.82 Å². The van der Waals surface area contributed by atoms with E-state index in [0.717, 1.165) is 31.0 Å². The van der Waals surface area contributed by atoms with Crippen LogP contribution in [-0.2, 0) is 16.7 Å². The van der Waals surface area contributed by atoms with E-state index in [0.29, 0.717) is 19.1 Å². The van der Waals surface area contributed by atoms with Crippen LogP contribution in [0.4, 0.5) is 0 Å². The molecule has 1 saturated carbocycles. The van der Waals surface area contributed by atoms with Gasteiger partial charge in [0.05, 0.1) is 0 Å². The van der Waals surface area contributed by atoms with Crippen LogP contribution < -0.4 is 5.73 Å². The summed E-state index contributed by atoms with van der Waals surface area (Å²) < 4.78 is 10.6. The summed E-state index contributed by atoms with van der Waals surface area (Å²) in [5.74, 6) is 2.18. The van der Waals surface area contributed by atoms with Gasteiger partial charge < -0.3 is 15.0 Å². The summed E-state index contributed by atoms with van der Waals surface area (Å²) in [7, 11) is 0. The van der Waals surface area contributed by atoms with Crippen LogP contribution in [0.1, 0.15) is 37.4 Å². The molecule has 1 aromatic rings. The van der Waals surface area contributed by atoms with Gasteiger partial charge in [0, 0.05) is 19.6 Å². The number of rotatable bonds is 3. The van der Waals surface area contributed by atoms with Crippen LogP contribution in [-0.4, -0.2) is 23.4 Å². The molecule has 2 N–H and O–H groups in total. The molecule has 2 heterocycles. The predicted octanol–water partition coefficient (Wildman–Crippen LogP) is 0.987. The van der Waals surface area contributed by atoms with Crippen molar-refractivity contribution in [2.75, 3.05) is 13.2 Å². The zero-order valence-corrected chi connectivity index (χ0v) is 9.32. The van der Waals surface area contributed by atoms with Crippen molar-refractivity contribution in [3.05, 3.63) is 11.7 Å². The highest BCUT2D eigenvalue weighted by molar-refractivity contribution is 5.04. The van der Waals surface area contributed by atoms with Gasteiger partial charge in [0.25, 0.3) is 0 Å². The smallest absolute Gasteiger partial charge is 0.246 e. The van der Waals surface area contributed by atoms with E-state index in [1.807, 2.05) is 0 Å². The zero-order chi connectivity index (χ0) is 11.0. The van der Waals surface area contributed by atoms with Gasteiger partial charge in [-0.2, -0.15) is 4.98 Å². The lowest BCUT2D eigenvalue weighted by Crippen LogP contribution is -2.42. The quantitative estimate of drug-likeness (QED) is 0.827. The van der Waals surface area contributed by atoms with Gasteiger partial charge in [-0.05, 0) is 31.6 Å². The number of aromatic nitrogens is 2. The maximum atomic E-state index is 6.26. The van der Waals surface area contributed by atoms with Crippen molar-refractivity contribution in [2.45, 2.75) is 37.6 Å². The Bertz CT molecular complexity index is 367. The van der Waals surface area contributed by atoms with E-state index in [1.54, 1.807) is 0 Å². The van der Waals surface area contributed by atoms with E-state index in [4.69, 9.17) is 15.0 Å². The van der Waals surface area contributed by atoms with Crippen molar-refractivity contribution in [1.29, 1.82) is 0 Å². The lowest BCUT2D eigenvalue weighted by Gasteiger charge is -2.29. The van der Waals surface area contributed by atoms with Crippen LogP contribution in [0.2, 0.25) is 0 Å². The first-order valence-corrected chi connectivity index (χ1v) is 5.96. The first-order chi connectivity index (χ1) is 7.76. The lowest BCUT2D eigenvalue weighted by molar-refractivity contribution is 0.0400. The summed E-state index contributed by atoms with van der Waals surface area (Å²) >= 11 is 0. The van der Waals surface area contributed by atoms with Crippen molar-refractivity contribution in [1.82, 2.24) is 10.1 Å². The van der Waals surface area contributed by atoms with Gasteiger partial charge in [-0.1, -0.05) is 5.16 Å². The molecule has 0 spiro atoms. The van der Waals surface area contributed by atoms with E-state index in [1.165, 1.54) is 12.8 Å². The van der Waals surface area contributed by atoms with Crippen molar-refractivity contribution < 1.29 is 9.26 Å². The third-order valence-electron chi connectivity index (χ3n) is 3.45. The highest BCUT2D eigenvalue weighted by atomic mass is 16.5. The molecule has 0 aromatic carbocycles. The van der Waals surface area contributed by atoms with Crippen molar-refractivity contribution in [2.24, 2.45) is 11.7 Å². The second kappa shape index (κ2) is 3.82. The molecular weight excluding hydrogens is 206 g/mol. The molecular formula is C11H17N3O2. The predicted molar refractivity (Wildman–Crippen MR) is 56.6 cm³/mol. The van der Waals surface area contributed by atoms with Crippen LogP contribution in [0.5, 0.6) is 0 Å². The number of ether oxygens (including phenoxy) is 1. The van der Waals surface area contributed by atoms with Gasteiger partial charge in [0.2, 0.25) is 5.89 Å². The van der Waals surface area contributed by atoms with E-state index in [2.05, 4.69) is 10.1 Å². The summed E-state index contributed by atoms with van der Waals surface area (Å²) in [4.78, 5) is 4.43. The number of hydrogen-bond donors (Lipinski definition) is 1. The van der Waals surface area contributed by atoms with Gasteiger partial charge in [-0.25, -0.2) is 0 Å². The minimum Gasteiger partial charge on any atom is -0.381 e. The monoisotopic (exact) mass is 223 g/mol. The maximum absolute atomic E-state index is 6.26. The van der Waals surface area contributed by atoms with Crippen LogP contribution in [0, 0.1) is 5.92 Å². The van der Waals surface area contributed by atoms with Crippen molar-refractivity contribution >= 4 is 0 Å². The topological polar surface area (TPSA) is 74.2 Å². The Kier molecular flexibility index (Phi) is 2.44. The van der Waals surface area contributed by atoms with Gasteiger partial charge >= 0.3 is 0 Å². The molecule has 0 radical (unpaired) electrons. The van der Waals surface area contributed by atoms with Gasteiger partial charge in [0.1, 0.15) is 5.54 Å². The minimum absolute atomic E-state index is 0.465. The van der Waals surface area contributed by atoms with Crippen molar-refractivity contribution in [3.63, 3.8) is 0 Å². The summed E-state index contributed by atoms with van der Waals surface area (Å²) in [5, 5.41) is 4.01. The molecule has 0 bridgehead atoms. The average molecular weight is 223 g/mol. The molecule has 0 amide bonds. The van der Waals surface area contributed by atoms with E-state index < -0.39 is 5.54 Å². The van der Waals surface area contributed by atoms with Crippen LogP contribution in [0.25, 0.3) is 0 Å². The van der Waals surface area contributed by atoms with Crippen LogP contribution in [0.3, 0.4) is 0 Å². The molecule has 1 aliphatic heterocycles. The molecule has 1 saturated heterocycles. The zero-order valence-electron chi connectivity index (χ0n) is 9.32. The Morgan fingerprint density at radius 1 is 1.31 bits per heavy atom. The standard InChI is InChI=1S/C11H17N3O2/c12-11(3-5-15-6-4-11)10-13-9(14-16-10)7-8-1-2-8/h8H,1-7,12H2. The summed E-state index contributed by atoms with van der Waals surface area (Å²) in [6.07, 6.45) is 5.06. The molecule has 0 atom stereocenters. The number of nitrogens with two attached hydrogens (primary N) is 1. The Balaban J connectivity index is 1.74. The third kappa shape index (κ3) is 1.97. The van der Waals surface area contributed by atoms with E-state index in [-0.39, 0.29) is 0 Å². The van der Waals surface area contributed by atoms with Gasteiger partial charge in [-0.3, -0.25) is 0 Å². The molecule has 3 rings (SSSR count). The van der Waals surface area contributed by atoms with Crippen molar-refractivity contribution in [3.8, 4) is 0 Å². The Morgan fingerprint density at radius 3 is 2.75 bits per heavy atom. The fourth-order valence-electron chi connectivity index (χ4n) is 2.07. The van der Waals surface area contributed by atoms with Crippen LogP contribution in [0.15, 0.2) is 4.52 Å². The Hall–Kier alpha value is -0.940. The summed E-state index contributed by atoms with van der Waals surface area (Å²) in [6, 6.07) is 0. The molecule has 2 aliphatic rings. The Morgan fingerprint density at radius 2 is 2.06 bits per heavy atom. The SMILES string of the molecule is NC1(c2nc(CC3CC3)no2)CCOCC1. The maximum Gasteiger partial charge on any atom is 0.246 e. The Labute approximate surface area is 94.3 Å². The largest absolute Gasteiger partial charge is 0.381 e. The second-order valence-corrected chi connectivity index (χ2v) is 4.93. The second-order valence-electron chi connectivity index (χ2n) is 4.93. The first-order valence-electron chi connectivity index (χ1n) is 5.96. The normalized spacial score (nSPS) is 24.6. The molecule has 1 aliphatic carbocycles. The number of hydrogen-bond acceptors (Lipinski definition) is 5. The summed E-state index contributed by atoms with van der Waals surface area (Å²) in [6.45, 7) is 1.35. The summed E-state index contributed by atoms with van der Waals surface area (Å²) in [5.41, 5.74) is 5.80. The molecule has 5 heteroatoms. The fourth-order valence-corrected chi connectivity index (χ4v) is 2.07. The van der Waals surface area contributed by atoms with Crippen LogP contribution >= 0.6 is 0 Å². The number of nitrogens with zero attached hydrogens (tertiary/aromatic N) is 2. The average Bonchev–Trinajstić information content (AvgIpc) is 2.95. The van der Waals surface area contributed by atoms with E-state index >= 15 is 0 Å². The highest BCUT2D eigenvalue weighted by Crippen LogP contribution is 2.33. The fraction of sp³-hybridized carbons (Fsp3) is 0.818. The third-order valence-corrected chi connectivity index (χ3v) is 3.45. The lowest BCUT2D eigenvalue weighted by atomic mass is 9.91. The van der Waals surface area contributed by atoms with E-state index in [9.17, 15) is 0 Å². The molecule has 5 nitrogen and oxygen atoms in total. The molecule has 1 aromatic heterocycles. The minimum atomic E-state index is -0.465. The molecule has 16 heavy (non-hydrogen) atoms. The van der Waals surface area contributed by atoms with Gasteiger partial charge in [-0.15, -0.1) is 0 Å². The molecule has 88 valence electrons. The molecule has 0 unspecified atom stereocenters. The highest BCUT2D eigenvalue weighted by Gasteiger charge is 2.36. The first kappa shape index (κ1) is 10.2. The molecule has 2 fully saturated rings.